The Hall–Kier alpha value is -0.0400. The van der Waals surface area contributed by atoms with Crippen LogP contribution in [0.3, 0.4) is 0 Å². The smallest absolute Gasteiger partial charge is 0.00205 e. The van der Waals surface area contributed by atoms with Gasteiger partial charge in [-0.15, -0.1) is 0 Å². The first-order valence-corrected chi connectivity index (χ1v) is 6.64. The molecule has 0 atom stereocenters. The van der Waals surface area contributed by atoms with Crippen LogP contribution in [0.15, 0.2) is 0 Å². The van der Waals surface area contributed by atoms with E-state index in [4.69, 9.17) is 0 Å². The van der Waals surface area contributed by atoms with E-state index in [2.05, 4.69) is 12.2 Å². The number of rotatable bonds is 6. The van der Waals surface area contributed by atoms with Gasteiger partial charge in [0.1, 0.15) is 0 Å². The van der Waals surface area contributed by atoms with Crippen LogP contribution in [0.25, 0.3) is 0 Å². The van der Waals surface area contributed by atoms with Gasteiger partial charge in [-0.05, 0) is 38.3 Å². The highest BCUT2D eigenvalue weighted by molar-refractivity contribution is 4.66. The summed E-state index contributed by atoms with van der Waals surface area (Å²) in [5, 5.41) is 3.62. The standard InChI is InChI=1S/C13H27N/c1-2-3-8-11-14-12-13-9-6-4-5-7-10-13/h13-14H,2-12H2,1H3. The summed E-state index contributed by atoms with van der Waals surface area (Å²) in [5.74, 6) is 0.985. The van der Waals surface area contributed by atoms with Crippen molar-refractivity contribution in [2.24, 2.45) is 5.92 Å². The van der Waals surface area contributed by atoms with Gasteiger partial charge in [0.05, 0.1) is 0 Å². The van der Waals surface area contributed by atoms with Crippen LogP contribution in [0.4, 0.5) is 0 Å². The third-order valence-electron chi connectivity index (χ3n) is 3.36. The fourth-order valence-electron chi connectivity index (χ4n) is 2.37. The van der Waals surface area contributed by atoms with Gasteiger partial charge in [0.2, 0.25) is 0 Å². The van der Waals surface area contributed by atoms with Gasteiger partial charge in [0.15, 0.2) is 0 Å². The van der Waals surface area contributed by atoms with Crippen molar-refractivity contribution in [1.82, 2.24) is 5.32 Å². The zero-order valence-electron chi connectivity index (χ0n) is 9.86. The van der Waals surface area contributed by atoms with Gasteiger partial charge in [-0.25, -0.2) is 0 Å². The van der Waals surface area contributed by atoms with Crippen LogP contribution in [-0.4, -0.2) is 13.1 Å². The highest BCUT2D eigenvalue weighted by Gasteiger charge is 2.10. The summed E-state index contributed by atoms with van der Waals surface area (Å²) in [4.78, 5) is 0. The molecule has 1 rings (SSSR count). The lowest BCUT2D eigenvalue weighted by Gasteiger charge is -2.14. The Bertz CT molecular complexity index is 114. The summed E-state index contributed by atoms with van der Waals surface area (Å²) in [5.41, 5.74) is 0. The Labute approximate surface area is 89.7 Å². The molecule has 0 heterocycles. The topological polar surface area (TPSA) is 12.0 Å². The third kappa shape index (κ3) is 5.64. The second-order valence-corrected chi connectivity index (χ2v) is 4.77. The van der Waals surface area contributed by atoms with E-state index in [1.54, 1.807) is 0 Å². The Kier molecular flexibility index (Phi) is 7.12. The quantitative estimate of drug-likeness (QED) is 0.505. The summed E-state index contributed by atoms with van der Waals surface area (Å²) in [6.45, 7) is 4.79. The fraction of sp³-hybridized carbons (Fsp3) is 1.00. The maximum absolute atomic E-state index is 3.62. The summed E-state index contributed by atoms with van der Waals surface area (Å²) < 4.78 is 0. The monoisotopic (exact) mass is 197 g/mol. The molecule has 0 radical (unpaired) electrons. The summed E-state index contributed by atoms with van der Waals surface area (Å²) in [6, 6.07) is 0. The van der Waals surface area contributed by atoms with Gasteiger partial charge in [0.25, 0.3) is 0 Å². The van der Waals surface area contributed by atoms with E-state index in [0.29, 0.717) is 0 Å². The summed E-state index contributed by atoms with van der Waals surface area (Å²) in [6.07, 6.45) is 12.9. The van der Waals surface area contributed by atoms with Crippen molar-refractivity contribution >= 4 is 0 Å². The minimum absolute atomic E-state index is 0.985. The molecule has 0 aromatic heterocycles. The van der Waals surface area contributed by atoms with Crippen LogP contribution >= 0.6 is 0 Å². The highest BCUT2D eigenvalue weighted by Crippen LogP contribution is 2.21. The predicted molar refractivity (Wildman–Crippen MR) is 63.6 cm³/mol. The summed E-state index contributed by atoms with van der Waals surface area (Å²) in [7, 11) is 0. The molecule has 1 nitrogen and oxygen atoms in total. The maximum atomic E-state index is 3.62. The van der Waals surface area contributed by atoms with Crippen molar-refractivity contribution in [1.29, 1.82) is 0 Å². The first kappa shape index (κ1) is 12.0. The lowest BCUT2D eigenvalue weighted by molar-refractivity contribution is 0.422. The molecule has 1 saturated carbocycles. The molecule has 1 aliphatic rings. The van der Waals surface area contributed by atoms with E-state index in [-0.39, 0.29) is 0 Å². The van der Waals surface area contributed by atoms with Crippen molar-refractivity contribution in [3.05, 3.63) is 0 Å². The molecule has 0 amide bonds. The Balaban J connectivity index is 1.93. The minimum Gasteiger partial charge on any atom is -0.316 e. The molecule has 1 fully saturated rings. The molecule has 0 saturated heterocycles. The third-order valence-corrected chi connectivity index (χ3v) is 3.36. The average molecular weight is 197 g/mol. The molecule has 0 aromatic carbocycles. The molecule has 84 valence electrons. The first-order chi connectivity index (χ1) is 6.93. The van der Waals surface area contributed by atoms with Gasteiger partial charge in [-0.1, -0.05) is 45.4 Å². The van der Waals surface area contributed by atoms with Crippen LogP contribution in [0.5, 0.6) is 0 Å². The number of hydrogen-bond donors (Lipinski definition) is 1. The van der Waals surface area contributed by atoms with Crippen LogP contribution in [0, 0.1) is 5.92 Å². The molecule has 0 aliphatic heterocycles. The number of hydrogen-bond acceptors (Lipinski definition) is 1. The van der Waals surface area contributed by atoms with Gasteiger partial charge in [-0.3, -0.25) is 0 Å². The van der Waals surface area contributed by atoms with Gasteiger partial charge in [0, 0.05) is 0 Å². The molecule has 14 heavy (non-hydrogen) atoms. The van der Waals surface area contributed by atoms with Crippen LogP contribution in [-0.2, 0) is 0 Å². The van der Waals surface area contributed by atoms with E-state index < -0.39 is 0 Å². The minimum atomic E-state index is 0.985. The molecule has 0 aromatic rings. The van der Waals surface area contributed by atoms with Crippen LogP contribution in [0.2, 0.25) is 0 Å². The van der Waals surface area contributed by atoms with Crippen LogP contribution < -0.4 is 5.32 Å². The lowest BCUT2D eigenvalue weighted by Crippen LogP contribution is -2.23. The van der Waals surface area contributed by atoms with Gasteiger partial charge in [-0.2, -0.15) is 0 Å². The molecule has 0 spiro atoms. The maximum Gasteiger partial charge on any atom is -0.00205 e. The van der Waals surface area contributed by atoms with E-state index >= 15 is 0 Å². The largest absolute Gasteiger partial charge is 0.316 e. The second-order valence-electron chi connectivity index (χ2n) is 4.77. The molecule has 0 unspecified atom stereocenters. The SMILES string of the molecule is CCCCCNCC1CCCCCC1. The van der Waals surface area contributed by atoms with E-state index in [0.717, 1.165) is 5.92 Å². The molecule has 1 heteroatoms. The second kappa shape index (κ2) is 8.28. The Morgan fingerprint density at radius 1 is 1.00 bits per heavy atom. The fourth-order valence-corrected chi connectivity index (χ4v) is 2.37. The number of unbranched alkanes of at least 4 members (excludes halogenated alkanes) is 2. The van der Waals surface area contributed by atoms with Crippen molar-refractivity contribution in [3.8, 4) is 0 Å². The van der Waals surface area contributed by atoms with Crippen LogP contribution in [0.1, 0.15) is 64.7 Å². The van der Waals surface area contributed by atoms with E-state index in [1.165, 1.54) is 70.9 Å². The van der Waals surface area contributed by atoms with Gasteiger partial charge >= 0.3 is 0 Å². The number of nitrogens with one attached hydrogen (secondary N) is 1. The Morgan fingerprint density at radius 2 is 1.71 bits per heavy atom. The van der Waals surface area contributed by atoms with Crippen molar-refractivity contribution in [2.75, 3.05) is 13.1 Å². The molecule has 1 N–H and O–H groups in total. The zero-order chi connectivity index (χ0) is 10.1. The lowest BCUT2D eigenvalue weighted by atomic mass is 10.0. The zero-order valence-corrected chi connectivity index (χ0v) is 9.86. The van der Waals surface area contributed by atoms with Crippen molar-refractivity contribution in [3.63, 3.8) is 0 Å². The molecule has 1 aliphatic carbocycles. The van der Waals surface area contributed by atoms with Crippen molar-refractivity contribution in [2.45, 2.75) is 64.7 Å². The first-order valence-electron chi connectivity index (χ1n) is 6.64. The molecular weight excluding hydrogens is 170 g/mol. The van der Waals surface area contributed by atoms with E-state index in [1.807, 2.05) is 0 Å². The van der Waals surface area contributed by atoms with E-state index in [9.17, 15) is 0 Å². The summed E-state index contributed by atoms with van der Waals surface area (Å²) >= 11 is 0. The van der Waals surface area contributed by atoms with Gasteiger partial charge < -0.3 is 5.32 Å². The molecule has 0 bridgehead atoms. The Morgan fingerprint density at radius 3 is 2.36 bits per heavy atom. The van der Waals surface area contributed by atoms with Crippen molar-refractivity contribution < 1.29 is 0 Å². The highest BCUT2D eigenvalue weighted by atomic mass is 14.8. The predicted octanol–water partition coefficient (Wildman–Crippen LogP) is 3.74. The molecular formula is C13H27N. The normalized spacial score (nSPS) is 19.5. The average Bonchev–Trinajstić information content (AvgIpc) is 2.46.